The minimum absolute atomic E-state index is 0.172. The van der Waals surface area contributed by atoms with Crippen molar-refractivity contribution in [1.82, 2.24) is 4.31 Å². The number of amides is 1. The number of rotatable bonds is 6. The highest BCUT2D eigenvalue weighted by Crippen LogP contribution is 2.27. The number of nitrogens with zero attached hydrogens (tertiary/aromatic N) is 1. The number of sulfonamides is 1. The zero-order chi connectivity index (χ0) is 21.0. The lowest BCUT2D eigenvalue weighted by atomic mass is 10.2. The molecule has 1 aliphatic rings. The van der Waals surface area contributed by atoms with E-state index in [2.05, 4.69) is 5.32 Å². The van der Waals surface area contributed by atoms with E-state index in [0.717, 1.165) is 4.90 Å². The van der Waals surface area contributed by atoms with Crippen LogP contribution in [0.2, 0.25) is 0 Å². The molecule has 0 radical (unpaired) electrons. The molecule has 6 nitrogen and oxygen atoms in total. The minimum Gasteiger partial charge on any atom is -0.379 e. The monoisotopic (exact) mass is 434 g/mol. The number of hydrogen-bond acceptors (Lipinski definition) is 5. The van der Waals surface area contributed by atoms with E-state index in [0.29, 0.717) is 37.6 Å². The molecule has 1 heterocycles. The second kappa shape index (κ2) is 9.30. The molecule has 1 saturated heterocycles. The van der Waals surface area contributed by atoms with Gasteiger partial charge in [-0.3, -0.25) is 4.79 Å². The van der Waals surface area contributed by atoms with E-state index in [-0.39, 0.29) is 16.1 Å². The molecule has 1 N–H and O–H groups in total. The molecular formula is C21H26N2O4S2. The fourth-order valence-electron chi connectivity index (χ4n) is 3.00. The predicted octanol–water partition coefficient (Wildman–Crippen LogP) is 3.44. The van der Waals surface area contributed by atoms with Crippen LogP contribution in [0.1, 0.15) is 18.1 Å². The van der Waals surface area contributed by atoms with Gasteiger partial charge in [-0.25, -0.2) is 8.42 Å². The van der Waals surface area contributed by atoms with Crippen molar-refractivity contribution in [3.05, 3.63) is 53.6 Å². The van der Waals surface area contributed by atoms with Gasteiger partial charge in [0.25, 0.3) is 0 Å². The molecule has 2 aromatic carbocycles. The summed E-state index contributed by atoms with van der Waals surface area (Å²) in [7, 11) is -3.63. The Hall–Kier alpha value is -1.87. The number of carbonyl (C=O) groups is 1. The summed E-state index contributed by atoms with van der Waals surface area (Å²) >= 11 is 1.46. The van der Waals surface area contributed by atoms with Gasteiger partial charge in [-0.1, -0.05) is 23.8 Å². The number of ether oxygens (including phenoxy) is 1. The third kappa shape index (κ3) is 5.39. The van der Waals surface area contributed by atoms with Crippen LogP contribution in [0.5, 0.6) is 0 Å². The molecule has 0 saturated carbocycles. The van der Waals surface area contributed by atoms with Gasteiger partial charge in [0.2, 0.25) is 15.9 Å². The molecule has 1 amide bonds. The maximum absolute atomic E-state index is 13.0. The molecule has 0 aromatic heterocycles. The smallest absolute Gasteiger partial charge is 0.243 e. The predicted molar refractivity (Wildman–Crippen MR) is 116 cm³/mol. The molecule has 8 heteroatoms. The summed E-state index contributed by atoms with van der Waals surface area (Å²) in [4.78, 5) is 13.9. The van der Waals surface area contributed by atoms with Gasteiger partial charge in [0.05, 0.1) is 23.4 Å². The highest BCUT2D eigenvalue weighted by atomic mass is 32.2. The number of thioether (sulfide) groups is 1. The van der Waals surface area contributed by atoms with E-state index in [1.165, 1.54) is 21.6 Å². The Morgan fingerprint density at radius 1 is 1.10 bits per heavy atom. The molecule has 29 heavy (non-hydrogen) atoms. The van der Waals surface area contributed by atoms with Gasteiger partial charge in [-0.15, -0.1) is 11.8 Å². The molecule has 0 aliphatic carbocycles. The van der Waals surface area contributed by atoms with E-state index >= 15 is 0 Å². The quantitative estimate of drug-likeness (QED) is 0.705. The van der Waals surface area contributed by atoms with Crippen molar-refractivity contribution in [3.8, 4) is 0 Å². The molecule has 0 unspecified atom stereocenters. The highest BCUT2D eigenvalue weighted by molar-refractivity contribution is 8.00. The average molecular weight is 435 g/mol. The summed E-state index contributed by atoms with van der Waals surface area (Å²) in [5, 5.41) is 2.53. The van der Waals surface area contributed by atoms with Gasteiger partial charge < -0.3 is 10.1 Å². The molecule has 1 atom stereocenters. The lowest BCUT2D eigenvalue weighted by Crippen LogP contribution is -2.40. The highest BCUT2D eigenvalue weighted by Gasteiger charge is 2.28. The Labute approximate surface area is 176 Å². The molecule has 1 aliphatic heterocycles. The summed E-state index contributed by atoms with van der Waals surface area (Å²) in [5.41, 5.74) is 2.29. The molecule has 156 valence electrons. The molecular weight excluding hydrogens is 408 g/mol. The third-order valence-electron chi connectivity index (χ3n) is 4.75. The summed E-state index contributed by atoms with van der Waals surface area (Å²) in [5.74, 6) is -0.172. The van der Waals surface area contributed by atoms with Crippen molar-refractivity contribution < 1.29 is 17.9 Å². The van der Waals surface area contributed by atoms with Gasteiger partial charge in [-0.2, -0.15) is 4.31 Å². The molecule has 0 bridgehead atoms. The van der Waals surface area contributed by atoms with Crippen LogP contribution < -0.4 is 5.32 Å². The Kier molecular flexibility index (Phi) is 7.00. The summed E-state index contributed by atoms with van der Waals surface area (Å²) in [6, 6.07) is 13.0. The second-order valence-electron chi connectivity index (χ2n) is 7.06. The van der Waals surface area contributed by atoms with Crippen LogP contribution >= 0.6 is 11.8 Å². The molecule has 2 aromatic rings. The van der Waals surface area contributed by atoms with Crippen LogP contribution in [0, 0.1) is 13.8 Å². The first-order chi connectivity index (χ1) is 13.8. The minimum atomic E-state index is -3.63. The van der Waals surface area contributed by atoms with Crippen molar-refractivity contribution in [3.63, 3.8) is 0 Å². The number of carbonyl (C=O) groups excluding carboxylic acids is 1. The van der Waals surface area contributed by atoms with Crippen LogP contribution in [-0.2, 0) is 19.6 Å². The lowest BCUT2D eigenvalue weighted by Gasteiger charge is -2.27. The van der Waals surface area contributed by atoms with Crippen molar-refractivity contribution in [1.29, 1.82) is 0 Å². The zero-order valence-electron chi connectivity index (χ0n) is 16.8. The number of aryl methyl sites for hydroxylation is 2. The van der Waals surface area contributed by atoms with Crippen LogP contribution in [0.25, 0.3) is 0 Å². The zero-order valence-corrected chi connectivity index (χ0v) is 18.5. The standard InChI is InChI=1S/C21H26N2O4S2/c1-15-4-8-19(9-5-15)28-17(3)21(24)22-18-7-6-16(2)20(14-18)29(25,26)23-10-12-27-13-11-23/h4-9,14,17H,10-13H2,1-3H3,(H,22,24)/t17-/m1/s1. The number of anilines is 1. The largest absolute Gasteiger partial charge is 0.379 e. The van der Waals surface area contributed by atoms with E-state index in [1.807, 2.05) is 38.1 Å². The first-order valence-corrected chi connectivity index (χ1v) is 11.8. The van der Waals surface area contributed by atoms with Crippen LogP contribution in [-0.4, -0.2) is 50.2 Å². The Morgan fingerprint density at radius 2 is 1.76 bits per heavy atom. The maximum Gasteiger partial charge on any atom is 0.243 e. The van der Waals surface area contributed by atoms with E-state index in [4.69, 9.17) is 4.74 Å². The Morgan fingerprint density at radius 3 is 2.41 bits per heavy atom. The average Bonchev–Trinajstić information content (AvgIpc) is 2.71. The van der Waals surface area contributed by atoms with Crippen LogP contribution in [0.4, 0.5) is 5.69 Å². The Bertz CT molecular complexity index is 969. The fourth-order valence-corrected chi connectivity index (χ4v) is 5.53. The first-order valence-electron chi connectivity index (χ1n) is 9.50. The van der Waals surface area contributed by atoms with Crippen LogP contribution in [0.3, 0.4) is 0 Å². The SMILES string of the molecule is Cc1ccc(S[C@H](C)C(=O)Nc2ccc(C)c(S(=O)(=O)N3CCOCC3)c2)cc1. The normalized spacial score (nSPS) is 16.4. The topological polar surface area (TPSA) is 75.7 Å². The van der Waals surface area contributed by atoms with Gasteiger partial charge in [0, 0.05) is 23.7 Å². The number of hydrogen-bond donors (Lipinski definition) is 1. The van der Waals surface area contributed by atoms with Crippen molar-refractivity contribution in [2.24, 2.45) is 0 Å². The molecule has 3 rings (SSSR count). The summed E-state index contributed by atoms with van der Waals surface area (Å²) in [6.07, 6.45) is 0. The van der Waals surface area contributed by atoms with Gasteiger partial charge in [0.1, 0.15) is 0 Å². The van der Waals surface area contributed by atoms with E-state index < -0.39 is 10.0 Å². The fraction of sp³-hybridized carbons (Fsp3) is 0.381. The van der Waals surface area contributed by atoms with Crippen molar-refractivity contribution in [2.75, 3.05) is 31.6 Å². The van der Waals surface area contributed by atoms with Crippen LogP contribution in [0.15, 0.2) is 52.3 Å². The second-order valence-corrected chi connectivity index (χ2v) is 10.4. The lowest BCUT2D eigenvalue weighted by molar-refractivity contribution is -0.115. The van der Waals surface area contributed by atoms with Crippen molar-refractivity contribution >= 4 is 33.4 Å². The Balaban J connectivity index is 1.73. The van der Waals surface area contributed by atoms with E-state index in [1.54, 1.807) is 25.1 Å². The van der Waals surface area contributed by atoms with E-state index in [9.17, 15) is 13.2 Å². The third-order valence-corrected chi connectivity index (χ3v) is 7.90. The maximum atomic E-state index is 13.0. The summed E-state index contributed by atoms with van der Waals surface area (Å²) in [6.45, 7) is 7.06. The number of morpholine rings is 1. The summed E-state index contributed by atoms with van der Waals surface area (Å²) < 4.78 is 32.7. The molecule has 1 fully saturated rings. The number of benzene rings is 2. The van der Waals surface area contributed by atoms with Gasteiger partial charge in [0.15, 0.2) is 0 Å². The first kappa shape index (κ1) is 21.8. The van der Waals surface area contributed by atoms with Gasteiger partial charge >= 0.3 is 0 Å². The van der Waals surface area contributed by atoms with Gasteiger partial charge in [-0.05, 0) is 50.6 Å². The number of nitrogens with one attached hydrogen (secondary N) is 1. The molecule has 0 spiro atoms. The van der Waals surface area contributed by atoms with Crippen molar-refractivity contribution in [2.45, 2.75) is 35.8 Å².